The van der Waals surface area contributed by atoms with Gasteiger partial charge in [0.05, 0.1) is 12.7 Å². The zero-order valence-electron chi connectivity index (χ0n) is 22.0. The molecule has 0 spiro atoms. The highest BCUT2D eigenvalue weighted by molar-refractivity contribution is 5.98. The molecule has 2 atom stereocenters. The van der Waals surface area contributed by atoms with E-state index in [0.717, 1.165) is 62.5 Å². The first kappa shape index (κ1) is 27.9. The Balaban J connectivity index is 1.43. The summed E-state index contributed by atoms with van der Waals surface area (Å²) >= 11 is 0. The van der Waals surface area contributed by atoms with Gasteiger partial charge < -0.3 is 20.1 Å². The number of carbonyl (C=O) groups excluding carboxylic acids is 2. The molecular weight excluding hydrogens is 454 g/mol. The summed E-state index contributed by atoms with van der Waals surface area (Å²) in [5, 5.41) is 6.65. The lowest BCUT2D eigenvalue weighted by Crippen LogP contribution is -2.47. The van der Waals surface area contributed by atoms with Gasteiger partial charge in [-0.25, -0.2) is 0 Å². The van der Waals surface area contributed by atoms with Gasteiger partial charge in [0.15, 0.2) is 5.78 Å². The van der Waals surface area contributed by atoms with Gasteiger partial charge in [-0.15, -0.1) is 0 Å². The van der Waals surface area contributed by atoms with Crippen LogP contribution in [0.1, 0.15) is 64.7 Å². The quantitative estimate of drug-likeness (QED) is 0.251. The monoisotopic (exact) mass is 497 g/mol. The molecule has 2 unspecified atom stereocenters. The van der Waals surface area contributed by atoms with Crippen molar-refractivity contribution < 1.29 is 19.1 Å². The van der Waals surface area contributed by atoms with E-state index in [1.54, 1.807) is 7.11 Å². The molecule has 1 aliphatic carbocycles. The van der Waals surface area contributed by atoms with Crippen LogP contribution in [0, 0.1) is 0 Å². The van der Waals surface area contributed by atoms with E-state index in [9.17, 15) is 9.59 Å². The summed E-state index contributed by atoms with van der Waals surface area (Å²) in [6.45, 7) is 5.77. The molecule has 3 rings (SSSR count). The second-order valence-corrected chi connectivity index (χ2v) is 9.66. The average Bonchev–Trinajstić information content (AvgIpc) is 3.41. The molecule has 36 heavy (non-hydrogen) atoms. The molecular formula is C29H43N3O4. The highest BCUT2D eigenvalue weighted by atomic mass is 16.5. The normalized spacial score (nSPS) is 18.5. The molecule has 0 radical (unpaired) electrons. The summed E-state index contributed by atoms with van der Waals surface area (Å²) in [6, 6.07) is 7.94. The fourth-order valence-corrected chi connectivity index (χ4v) is 4.50. The van der Waals surface area contributed by atoms with Crippen molar-refractivity contribution in [3.8, 4) is 5.75 Å². The molecule has 0 bridgehead atoms. The van der Waals surface area contributed by atoms with Gasteiger partial charge in [-0.05, 0) is 75.9 Å². The molecule has 1 saturated heterocycles. The molecule has 0 aromatic heterocycles. The lowest BCUT2D eigenvalue weighted by molar-refractivity contribution is -0.122. The third-order valence-corrected chi connectivity index (χ3v) is 6.68. The van der Waals surface area contributed by atoms with E-state index in [1.807, 2.05) is 42.5 Å². The maximum absolute atomic E-state index is 12.7. The van der Waals surface area contributed by atoms with Crippen LogP contribution in [0.4, 0.5) is 5.69 Å². The van der Waals surface area contributed by atoms with Crippen LogP contribution in [0.2, 0.25) is 0 Å². The minimum Gasteiger partial charge on any atom is -0.494 e. The second kappa shape index (κ2) is 15.5. The van der Waals surface area contributed by atoms with Gasteiger partial charge in [0.25, 0.3) is 0 Å². The minimum absolute atomic E-state index is 0.0124. The van der Waals surface area contributed by atoms with Crippen LogP contribution in [0.25, 0.3) is 0 Å². The Morgan fingerprint density at radius 3 is 2.50 bits per heavy atom. The molecule has 1 heterocycles. The van der Waals surface area contributed by atoms with Gasteiger partial charge in [-0.1, -0.05) is 31.6 Å². The molecule has 7 heteroatoms. The van der Waals surface area contributed by atoms with Crippen LogP contribution in [-0.2, 0) is 14.3 Å². The number of methoxy groups -OCH3 is 1. The van der Waals surface area contributed by atoms with Crippen molar-refractivity contribution in [1.29, 1.82) is 0 Å². The van der Waals surface area contributed by atoms with E-state index in [0.29, 0.717) is 25.7 Å². The molecule has 7 nitrogen and oxygen atoms in total. The summed E-state index contributed by atoms with van der Waals surface area (Å²) in [4.78, 5) is 27.5. The number of anilines is 1. The number of nitrogens with one attached hydrogen (secondary N) is 2. The predicted molar refractivity (Wildman–Crippen MR) is 144 cm³/mol. The molecule has 1 aliphatic heterocycles. The van der Waals surface area contributed by atoms with E-state index >= 15 is 0 Å². The lowest BCUT2D eigenvalue weighted by atomic mass is 9.98. The van der Waals surface area contributed by atoms with Gasteiger partial charge >= 0.3 is 0 Å². The minimum atomic E-state index is -0.171. The van der Waals surface area contributed by atoms with Crippen molar-refractivity contribution in [3.63, 3.8) is 0 Å². The highest BCUT2D eigenvalue weighted by Gasteiger charge is 2.19. The number of ketones is 1. The van der Waals surface area contributed by atoms with Crippen molar-refractivity contribution in [3.05, 3.63) is 48.1 Å². The number of rotatable bonds is 16. The van der Waals surface area contributed by atoms with Crippen molar-refractivity contribution in [2.24, 2.45) is 0 Å². The van der Waals surface area contributed by atoms with E-state index in [1.165, 1.54) is 12.8 Å². The van der Waals surface area contributed by atoms with E-state index in [4.69, 9.17) is 9.47 Å². The number of amides is 1. The van der Waals surface area contributed by atoms with Crippen LogP contribution < -0.4 is 15.4 Å². The molecule has 198 valence electrons. The lowest BCUT2D eigenvalue weighted by Gasteiger charge is -2.26. The van der Waals surface area contributed by atoms with E-state index in [2.05, 4.69) is 22.5 Å². The first-order valence-corrected chi connectivity index (χ1v) is 13.5. The Hall–Kier alpha value is -2.64. The molecule has 1 aromatic carbocycles. The van der Waals surface area contributed by atoms with Gasteiger partial charge in [0.2, 0.25) is 5.91 Å². The number of hydrogen-bond donors (Lipinski definition) is 2. The van der Waals surface area contributed by atoms with E-state index in [-0.39, 0.29) is 24.0 Å². The molecule has 2 aliphatic rings. The SMILES string of the molecule is CCCCOc1ccc(NC(CN2CCCC2)NC(=O)CCCCC(=O)C2=CCC(OC)C=C2)cc1. The first-order valence-electron chi connectivity index (χ1n) is 13.5. The summed E-state index contributed by atoms with van der Waals surface area (Å²) in [7, 11) is 1.67. The smallest absolute Gasteiger partial charge is 0.221 e. The first-order chi connectivity index (χ1) is 17.6. The standard InChI is InChI=1S/C29H43N3O4/c1-3-4-21-36-26-17-13-24(14-18-26)30-28(22-32-19-7-8-20-32)31-29(34)10-6-5-9-27(33)23-11-15-25(35-2)16-12-23/h11-15,17-18,25,28,30H,3-10,16,19-22H2,1-2H3,(H,31,34). The Morgan fingerprint density at radius 1 is 1.08 bits per heavy atom. The fraction of sp³-hybridized carbons (Fsp3) is 0.586. The van der Waals surface area contributed by atoms with Crippen molar-refractivity contribution in [2.75, 3.05) is 38.7 Å². The van der Waals surface area contributed by atoms with Crippen LogP contribution in [-0.4, -0.2) is 62.2 Å². The molecule has 1 amide bonds. The van der Waals surface area contributed by atoms with E-state index < -0.39 is 0 Å². The maximum atomic E-state index is 12.7. The number of allylic oxidation sites excluding steroid dienone is 2. The summed E-state index contributed by atoms with van der Waals surface area (Å²) in [5.74, 6) is 1.01. The summed E-state index contributed by atoms with van der Waals surface area (Å²) in [6.07, 6.45) is 13.2. The number of nitrogens with zero attached hydrogens (tertiary/aromatic N) is 1. The predicted octanol–water partition coefficient (Wildman–Crippen LogP) is 4.85. The Morgan fingerprint density at radius 2 is 1.83 bits per heavy atom. The number of hydrogen-bond acceptors (Lipinski definition) is 6. The van der Waals surface area contributed by atoms with Crippen molar-refractivity contribution in [2.45, 2.75) is 77.0 Å². The highest BCUT2D eigenvalue weighted by Crippen LogP contribution is 2.18. The Labute approximate surface area is 216 Å². The Bertz CT molecular complexity index is 875. The molecule has 2 N–H and O–H groups in total. The summed E-state index contributed by atoms with van der Waals surface area (Å²) in [5.41, 5.74) is 1.71. The van der Waals surface area contributed by atoms with Gasteiger partial charge in [-0.3, -0.25) is 14.5 Å². The molecule has 1 aromatic rings. The van der Waals surface area contributed by atoms with Crippen molar-refractivity contribution in [1.82, 2.24) is 10.2 Å². The van der Waals surface area contributed by atoms with Gasteiger partial charge in [-0.2, -0.15) is 0 Å². The van der Waals surface area contributed by atoms with Gasteiger partial charge in [0.1, 0.15) is 11.9 Å². The number of ether oxygens (including phenoxy) is 2. The van der Waals surface area contributed by atoms with Gasteiger partial charge in [0, 0.05) is 37.8 Å². The average molecular weight is 498 g/mol. The third-order valence-electron chi connectivity index (χ3n) is 6.68. The van der Waals surface area contributed by atoms with Crippen LogP contribution in [0.5, 0.6) is 5.75 Å². The van der Waals surface area contributed by atoms with Crippen LogP contribution in [0.15, 0.2) is 48.1 Å². The number of Topliss-reactive ketones (excluding diaryl/α,β-unsaturated/α-hetero) is 1. The number of unbranched alkanes of at least 4 members (excludes halogenated alkanes) is 2. The zero-order valence-corrected chi connectivity index (χ0v) is 22.0. The van der Waals surface area contributed by atoms with Crippen LogP contribution in [0.3, 0.4) is 0 Å². The molecule has 0 saturated carbocycles. The number of benzene rings is 1. The fourth-order valence-electron chi connectivity index (χ4n) is 4.50. The topological polar surface area (TPSA) is 79.9 Å². The van der Waals surface area contributed by atoms with Crippen LogP contribution >= 0.6 is 0 Å². The zero-order chi connectivity index (χ0) is 25.6. The maximum Gasteiger partial charge on any atom is 0.221 e. The summed E-state index contributed by atoms with van der Waals surface area (Å²) < 4.78 is 11.0. The Kier molecular flexibility index (Phi) is 12.0. The van der Waals surface area contributed by atoms with Crippen molar-refractivity contribution >= 4 is 17.4 Å². The number of carbonyl (C=O) groups is 2. The largest absolute Gasteiger partial charge is 0.494 e. The third kappa shape index (κ3) is 9.78. The second-order valence-electron chi connectivity index (χ2n) is 9.66. The number of likely N-dealkylation sites (tertiary alicyclic amines) is 1. The molecule has 1 fully saturated rings.